The van der Waals surface area contributed by atoms with Gasteiger partial charge < -0.3 is 10.4 Å². The van der Waals surface area contributed by atoms with Gasteiger partial charge in [-0.15, -0.1) is 0 Å². The lowest BCUT2D eigenvalue weighted by molar-refractivity contribution is 0.0698. The molecule has 2 aromatic rings. The van der Waals surface area contributed by atoms with Gasteiger partial charge in [0.1, 0.15) is 0 Å². The van der Waals surface area contributed by atoms with Gasteiger partial charge in [-0.1, -0.05) is 35.9 Å². The standard InChI is InChI=1S/C17H17NO2/c1-11-6-7-12-8-9-16(14(12)10-11)18-15-5-3-2-4-13(15)17(19)20/h2-7,10,16,18H,8-9H2,1H3,(H,19,20). The molecule has 0 bridgehead atoms. The van der Waals surface area contributed by atoms with Crippen molar-refractivity contribution in [2.45, 2.75) is 25.8 Å². The Morgan fingerprint density at radius 2 is 2.05 bits per heavy atom. The van der Waals surface area contributed by atoms with Crippen molar-refractivity contribution in [3.8, 4) is 0 Å². The van der Waals surface area contributed by atoms with Gasteiger partial charge in [-0.2, -0.15) is 0 Å². The fourth-order valence-corrected chi connectivity index (χ4v) is 2.85. The van der Waals surface area contributed by atoms with Crippen LogP contribution in [0.1, 0.15) is 39.5 Å². The second-order valence-corrected chi connectivity index (χ2v) is 5.29. The second-order valence-electron chi connectivity index (χ2n) is 5.29. The number of carboxylic acids is 1. The van der Waals surface area contributed by atoms with Crippen molar-refractivity contribution in [3.05, 3.63) is 64.7 Å². The highest BCUT2D eigenvalue weighted by atomic mass is 16.4. The Morgan fingerprint density at radius 1 is 1.25 bits per heavy atom. The predicted octanol–water partition coefficient (Wildman–Crippen LogP) is 3.79. The summed E-state index contributed by atoms with van der Waals surface area (Å²) in [6.07, 6.45) is 2.05. The summed E-state index contributed by atoms with van der Waals surface area (Å²) in [4.78, 5) is 11.3. The molecule has 0 radical (unpaired) electrons. The number of hydrogen-bond donors (Lipinski definition) is 2. The first-order valence-electron chi connectivity index (χ1n) is 6.83. The van der Waals surface area contributed by atoms with Crippen LogP contribution in [0.2, 0.25) is 0 Å². The van der Waals surface area contributed by atoms with Crippen LogP contribution >= 0.6 is 0 Å². The summed E-state index contributed by atoms with van der Waals surface area (Å²) in [5.74, 6) is -0.893. The van der Waals surface area contributed by atoms with Gasteiger partial charge in [0.2, 0.25) is 0 Å². The maximum atomic E-state index is 11.3. The number of nitrogens with one attached hydrogen (secondary N) is 1. The molecule has 20 heavy (non-hydrogen) atoms. The summed E-state index contributed by atoms with van der Waals surface area (Å²) in [5.41, 5.74) is 4.92. The van der Waals surface area contributed by atoms with Crippen molar-refractivity contribution < 1.29 is 9.90 Å². The monoisotopic (exact) mass is 267 g/mol. The van der Waals surface area contributed by atoms with Gasteiger partial charge in [-0.3, -0.25) is 0 Å². The predicted molar refractivity (Wildman–Crippen MR) is 79.3 cm³/mol. The van der Waals surface area contributed by atoms with Gasteiger partial charge >= 0.3 is 5.97 Å². The van der Waals surface area contributed by atoms with Crippen molar-refractivity contribution >= 4 is 11.7 Å². The van der Waals surface area contributed by atoms with Gasteiger partial charge in [0.25, 0.3) is 0 Å². The summed E-state index contributed by atoms with van der Waals surface area (Å²) >= 11 is 0. The molecule has 102 valence electrons. The first-order chi connectivity index (χ1) is 9.65. The van der Waals surface area contributed by atoms with Crippen LogP contribution in [-0.4, -0.2) is 11.1 Å². The van der Waals surface area contributed by atoms with Crippen LogP contribution in [0.5, 0.6) is 0 Å². The largest absolute Gasteiger partial charge is 0.478 e. The Morgan fingerprint density at radius 3 is 2.85 bits per heavy atom. The van der Waals surface area contributed by atoms with Gasteiger partial charge in [0.15, 0.2) is 0 Å². The number of aromatic carboxylic acids is 1. The summed E-state index contributed by atoms with van der Waals surface area (Å²) in [6, 6.07) is 13.8. The highest BCUT2D eigenvalue weighted by molar-refractivity contribution is 5.94. The zero-order valence-corrected chi connectivity index (χ0v) is 11.4. The summed E-state index contributed by atoms with van der Waals surface area (Å²) in [6.45, 7) is 2.08. The first-order valence-corrected chi connectivity index (χ1v) is 6.83. The highest BCUT2D eigenvalue weighted by Crippen LogP contribution is 2.35. The number of para-hydroxylation sites is 1. The Hall–Kier alpha value is -2.29. The van der Waals surface area contributed by atoms with E-state index in [0.29, 0.717) is 11.3 Å². The van der Waals surface area contributed by atoms with Crippen molar-refractivity contribution in [2.75, 3.05) is 5.32 Å². The molecule has 1 aliphatic rings. The average molecular weight is 267 g/mol. The van der Waals surface area contributed by atoms with Crippen LogP contribution < -0.4 is 5.32 Å². The lowest BCUT2D eigenvalue weighted by atomic mass is 10.0. The second kappa shape index (κ2) is 5.00. The number of anilines is 1. The molecule has 0 spiro atoms. The molecule has 2 N–H and O–H groups in total. The summed E-state index contributed by atoms with van der Waals surface area (Å²) in [5, 5.41) is 12.6. The molecule has 0 fully saturated rings. The lowest BCUT2D eigenvalue weighted by Crippen LogP contribution is -2.11. The minimum Gasteiger partial charge on any atom is -0.478 e. The molecule has 3 heteroatoms. The third kappa shape index (κ3) is 2.27. The van der Waals surface area contributed by atoms with Crippen LogP contribution in [-0.2, 0) is 6.42 Å². The molecule has 0 saturated heterocycles. The van der Waals surface area contributed by atoms with E-state index < -0.39 is 5.97 Å². The van der Waals surface area contributed by atoms with Gasteiger partial charge in [0.05, 0.1) is 11.6 Å². The van der Waals surface area contributed by atoms with E-state index in [9.17, 15) is 9.90 Å². The summed E-state index contributed by atoms with van der Waals surface area (Å²) in [7, 11) is 0. The Bertz CT molecular complexity index is 664. The number of benzene rings is 2. The molecular weight excluding hydrogens is 250 g/mol. The number of fused-ring (bicyclic) bond motifs is 1. The fraction of sp³-hybridized carbons (Fsp3) is 0.235. The van der Waals surface area contributed by atoms with E-state index in [2.05, 4.69) is 30.4 Å². The third-order valence-corrected chi connectivity index (χ3v) is 3.87. The molecule has 3 rings (SSSR count). The van der Waals surface area contributed by atoms with Gasteiger partial charge in [-0.25, -0.2) is 4.79 Å². The lowest BCUT2D eigenvalue weighted by Gasteiger charge is -2.17. The SMILES string of the molecule is Cc1ccc2c(c1)C(Nc1ccccc1C(=O)O)CC2. The van der Waals surface area contributed by atoms with Crippen LogP contribution in [0.15, 0.2) is 42.5 Å². The molecule has 1 atom stereocenters. The Labute approximate surface area is 118 Å². The number of hydrogen-bond acceptors (Lipinski definition) is 2. The van der Waals surface area contributed by atoms with E-state index in [1.54, 1.807) is 12.1 Å². The van der Waals surface area contributed by atoms with E-state index >= 15 is 0 Å². The zero-order chi connectivity index (χ0) is 14.1. The molecule has 3 nitrogen and oxygen atoms in total. The van der Waals surface area contributed by atoms with E-state index in [1.165, 1.54) is 16.7 Å². The third-order valence-electron chi connectivity index (χ3n) is 3.87. The minimum absolute atomic E-state index is 0.199. The zero-order valence-electron chi connectivity index (χ0n) is 11.4. The maximum absolute atomic E-state index is 11.3. The molecule has 2 aromatic carbocycles. The number of rotatable bonds is 3. The first kappa shape index (κ1) is 12.7. The van der Waals surface area contributed by atoms with E-state index in [-0.39, 0.29) is 6.04 Å². The Balaban J connectivity index is 1.91. The van der Waals surface area contributed by atoms with Crippen LogP contribution in [0, 0.1) is 6.92 Å². The maximum Gasteiger partial charge on any atom is 0.337 e. The topological polar surface area (TPSA) is 49.3 Å². The smallest absolute Gasteiger partial charge is 0.337 e. The van der Waals surface area contributed by atoms with Gasteiger partial charge in [-0.05, 0) is 43.0 Å². The molecule has 0 amide bonds. The quantitative estimate of drug-likeness (QED) is 0.889. The van der Waals surface area contributed by atoms with Crippen LogP contribution in [0.4, 0.5) is 5.69 Å². The van der Waals surface area contributed by atoms with E-state index in [0.717, 1.165) is 12.8 Å². The van der Waals surface area contributed by atoms with E-state index in [1.807, 2.05) is 12.1 Å². The molecular formula is C17H17NO2. The highest BCUT2D eigenvalue weighted by Gasteiger charge is 2.23. The fourth-order valence-electron chi connectivity index (χ4n) is 2.85. The molecule has 0 heterocycles. The number of carbonyl (C=O) groups is 1. The molecule has 1 unspecified atom stereocenters. The van der Waals surface area contributed by atoms with E-state index in [4.69, 9.17) is 0 Å². The minimum atomic E-state index is -0.893. The van der Waals surface area contributed by atoms with Crippen molar-refractivity contribution in [1.82, 2.24) is 0 Å². The normalized spacial score (nSPS) is 16.8. The average Bonchev–Trinajstić information content (AvgIpc) is 2.82. The van der Waals surface area contributed by atoms with Gasteiger partial charge in [0, 0.05) is 5.69 Å². The summed E-state index contributed by atoms with van der Waals surface area (Å²) < 4.78 is 0. The van der Waals surface area contributed by atoms with Crippen LogP contribution in [0.25, 0.3) is 0 Å². The molecule has 0 aromatic heterocycles. The number of aryl methyl sites for hydroxylation is 2. The van der Waals surface area contributed by atoms with Crippen molar-refractivity contribution in [3.63, 3.8) is 0 Å². The van der Waals surface area contributed by atoms with Crippen molar-refractivity contribution in [1.29, 1.82) is 0 Å². The number of carboxylic acid groups (broad SMARTS) is 1. The Kier molecular flexibility index (Phi) is 3.18. The van der Waals surface area contributed by atoms with Crippen molar-refractivity contribution in [2.24, 2.45) is 0 Å². The van der Waals surface area contributed by atoms with Crippen LogP contribution in [0.3, 0.4) is 0 Å². The molecule has 0 saturated carbocycles. The molecule has 1 aliphatic carbocycles. The molecule has 0 aliphatic heterocycles.